The van der Waals surface area contributed by atoms with Crippen LogP contribution in [0.4, 0.5) is 0 Å². The summed E-state index contributed by atoms with van der Waals surface area (Å²) in [4.78, 5) is 12.0. The van der Waals surface area contributed by atoms with Crippen molar-refractivity contribution in [2.24, 2.45) is 0 Å². The van der Waals surface area contributed by atoms with Crippen LogP contribution in [0.1, 0.15) is 10.4 Å². The maximum absolute atomic E-state index is 12.0. The van der Waals surface area contributed by atoms with Gasteiger partial charge in [0.1, 0.15) is 6.61 Å². The van der Waals surface area contributed by atoms with Crippen molar-refractivity contribution in [3.8, 4) is 0 Å². The Morgan fingerprint density at radius 2 is 1.89 bits per heavy atom. The summed E-state index contributed by atoms with van der Waals surface area (Å²) < 4.78 is 5.19. The number of carbonyl (C=O) groups is 1. The van der Waals surface area contributed by atoms with E-state index >= 15 is 0 Å². The van der Waals surface area contributed by atoms with E-state index in [1.165, 1.54) is 0 Å². The normalized spacial score (nSPS) is 10.9. The highest BCUT2D eigenvalue weighted by Gasteiger charge is 2.09. The molecule has 0 saturated heterocycles. The topological polar surface area (TPSA) is 26.3 Å². The number of hydrogen-bond donors (Lipinski definition) is 0. The zero-order valence-corrected chi connectivity index (χ0v) is 11.4. The molecular formula is C15H13BrO2. The van der Waals surface area contributed by atoms with Crippen molar-refractivity contribution in [1.82, 2.24) is 0 Å². The number of allylic oxidation sites excluding steroid dienone is 1. The van der Waals surface area contributed by atoms with Crippen LogP contribution in [0.2, 0.25) is 0 Å². The van der Waals surface area contributed by atoms with Gasteiger partial charge in [0, 0.05) is 5.33 Å². The molecule has 0 aliphatic carbocycles. The zero-order chi connectivity index (χ0) is 12.8. The molecule has 0 amide bonds. The quantitative estimate of drug-likeness (QED) is 0.486. The molecule has 0 radical (unpaired) electrons. The molecule has 0 aliphatic heterocycles. The average molecular weight is 305 g/mol. The molecule has 0 N–H and O–H groups in total. The van der Waals surface area contributed by atoms with Gasteiger partial charge in [0.2, 0.25) is 0 Å². The van der Waals surface area contributed by atoms with Crippen LogP contribution in [0.25, 0.3) is 10.8 Å². The van der Waals surface area contributed by atoms with Crippen molar-refractivity contribution >= 4 is 32.7 Å². The summed E-state index contributed by atoms with van der Waals surface area (Å²) in [7, 11) is 0. The molecule has 0 bridgehead atoms. The van der Waals surface area contributed by atoms with Crippen molar-refractivity contribution in [2.75, 3.05) is 11.9 Å². The third-order valence-corrected chi connectivity index (χ3v) is 2.95. The summed E-state index contributed by atoms with van der Waals surface area (Å²) in [6, 6.07) is 13.4. The first kappa shape index (κ1) is 12.8. The van der Waals surface area contributed by atoms with Crippen molar-refractivity contribution in [1.29, 1.82) is 0 Å². The van der Waals surface area contributed by atoms with E-state index in [2.05, 4.69) is 15.9 Å². The van der Waals surface area contributed by atoms with Gasteiger partial charge in [0.15, 0.2) is 0 Å². The van der Waals surface area contributed by atoms with Gasteiger partial charge in [-0.1, -0.05) is 64.5 Å². The molecule has 3 heteroatoms. The minimum atomic E-state index is -0.286. The standard InChI is InChI=1S/C15H13BrO2/c16-10-3-4-11-18-15(17)14-9-5-7-12-6-1-2-8-13(12)14/h1-9H,10-11H2/b4-3+. The van der Waals surface area contributed by atoms with E-state index in [0.717, 1.165) is 16.1 Å². The monoisotopic (exact) mass is 304 g/mol. The van der Waals surface area contributed by atoms with Crippen LogP contribution >= 0.6 is 15.9 Å². The van der Waals surface area contributed by atoms with E-state index in [1.807, 2.05) is 48.6 Å². The number of fused-ring (bicyclic) bond motifs is 1. The summed E-state index contributed by atoms with van der Waals surface area (Å²) >= 11 is 3.27. The van der Waals surface area contributed by atoms with E-state index in [0.29, 0.717) is 12.2 Å². The van der Waals surface area contributed by atoms with E-state index in [-0.39, 0.29) is 5.97 Å². The van der Waals surface area contributed by atoms with Gasteiger partial charge in [-0.05, 0) is 16.8 Å². The van der Waals surface area contributed by atoms with Crippen LogP contribution in [0.5, 0.6) is 0 Å². The van der Waals surface area contributed by atoms with Gasteiger partial charge in [-0.25, -0.2) is 4.79 Å². The van der Waals surface area contributed by atoms with Gasteiger partial charge in [-0.3, -0.25) is 0 Å². The smallest absolute Gasteiger partial charge is 0.339 e. The Labute approximate surface area is 114 Å². The second-order valence-corrected chi connectivity index (χ2v) is 4.40. The molecule has 0 atom stereocenters. The molecule has 92 valence electrons. The summed E-state index contributed by atoms with van der Waals surface area (Å²) in [5.74, 6) is -0.286. The molecule has 0 unspecified atom stereocenters. The van der Waals surface area contributed by atoms with Crippen LogP contribution in [0.3, 0.4) is 0 Å². The highest BCUT2D eigenvalue weighted by Crippen LogP contribution is 2.19. The molecule has 0 spiro atoms. The van der Waals surface area contributed by atoms with Gasteiger partial charge < -0.3 is 4.74 Å². The van der Waals surface area contributed by atoms with Crippen molar-refractivity contribution in [3.63, 3.8) is 0 Å². The number of halogens is 1. The number of rotatable bonds is 4. The second-order valence-electron chi connectivity index (χ2n) is 3.75. The Morgan fingerprint density at radius 1 is 1.11 bits per heavy atom. The lowest BCUT2D eigenvalue weighted by molar-refractivity contribution is 0.0552. The molecule has 0 aliphatic rings. The summed E-state index contributed by atoms with van der Waals surface area (Å²) in [6.45, 7) is 0.299. The molecule has 0 aromatic heterocycles. The average Bonchev–Trinajstić information content (AvgIpc) is 2.43. The lowest BCUT2D eigenvalue weighted by Gasteiger charge is -2.05. The Bertz CT molecular complexity index is 570. The molecule has 0 heterocycles. The minimum absolute atomic E-state index is 0.286. The summed E-state index contributed by atoms with van der Waals surface area (Å²) in [5, 5.41) is 2.73. The van der Waals surface area contributed by atoms with Crippen molar-refractivity contribution in [3.05, 3.63) is 60.2 Å². The Balaban J connectivity index is 2.20. The Kier molecular flexibility index (Phi) is 4.53. The first-order valence-corrected chi connectivity index (χ1v) is 6.81. The minimum Gasteiger partial charge on any atom is -0.458 e. The highest BCUT2D eigenvalue weighted by molar-refractivity contribution is 9.09. The Morgan fingerprint density at radius 3 is 2.72 bits per heavy atom. The molecule has 0 saturated carbocycles. The van der Waals surface area contributed by atoms with Crippen molar-refractivity contribution in [2.45, 2.75) is 0 Å². The highest BCUT2D eigenvalue weighted by atomic mass is 79.9. The number of esters is 1. The summed E-state index contributed by atoms with van der Waals surface area (Å²) in [5.41, 5.74) is 0.611. The van der Waals surface area contributed by atoms with Crippen LogP contribution in [0.15, 0.2) is 54.6 Å². The fraction of sp³-hybridized carbons (Fsp3) is 0.133. The van der Waals surface area contributed by atoms with Gasteiger partial charge >= 0.3 is 5.97 Å². The third kappa shape index (κ3) is 2.99. The van der Waals surface area contributed by atoms with Gasteiger partial charge in [0.05, 0.1) is 5.56 Å². The van der Waals surface area contributed by atoms with Crippen LogP contribution in [0, 0.1) is 0 Å². The maximum atomic E-state index is 12.0. The molecule has 2 aromatic rings. The number of ether oxygens (including phenoxy) is 1. The first-order valence-electron chi connectivity index (χ1n) is 5.69. The van der Waals surface area contributed by atoms with Gasteiger partial charge in [-0.15, -0.1) is 0 Å². The molecular weight excluding hydrogens is 292 g/mol. The molecule has 18 heavy (non-hydrogen) atoms. The SMILES string of the molecule is O=C(OC/C=C/CBr)c1cccc2ccccc12. The fourth-order valence-electron chi connectivity index (χ4n) is 1.74. The van der Waals surface area contributed by atoms with E-state index in [4.69, 9.17) is 4.74 Å². The number of alkyl halides is 1. The Hall–Kier alpha value is -1.61. The number of hydrogen-bond acceptors (Lipinski definition) is 2. The third-order valence-electron chi connectivity index (χ3n) is 2.58. The molecule has 2 nitrogen and oxygen atoms in total. The van der Waals surface area contributed by atoms with Gasteiger partial charge in [0.25, 0.3) is 0 Å². The fourth-order valence-corrected chi connectivity index (χ4v) is 2.00. The first-order chi connectivity index (χ1) is 8.83. The zero-order valence-electron chi connectivity index (χ0n) is 9.80. The number of benzene rings is 2. The predicted octanol–water partition coefficient (Wildman–Crippen LogP) is 3.95. The number of carbonyl (C=O) groups excluding carboxylic acids is 1. The lowest BCUT2D eigenvalue weighted by Crippen LogP contribution is -2.05. The van der Waals surface area contributed by atoms with Crippen LogP contribution < -0.4 is 0 Å². The second kappa shape index (κ2) is 6.36. The van der Waals surface area contributed by atoms with E-state index in [9.17, 15) is 4.79 Å². The van der Waals surface area contributed by atoms with Crippen LogP contribution in [-0.2, 0) is 4.74 Å². The maximum Gasteiger partial charge on any atom is 0.339 e. The van der Waals surface area contributed by atoms with E-state index < -0.39 is 0 Å². The molecule has 2 rings (SSSR count). The van der Waals surface area contributed by atoms with Crippen molar-refractivity contribution < 1.29 is 9.53 Å². The molecule has 0 fully saturated rings. The van der Waals surface area contributed by atoms with E-state index in [1.54, 1.807) is 6.07 Å². The predicted molar refractivity (Wildman–Crippen MR) is 77.2 cm³/mol. The van der Waals surface area contributed by atoms with Crippen LogP contribution in [-0.4, -0.2) is 17.9 Å². The summed E-state index contributed by atoms with van der Waals surface area (Å²) in [6.07, 6.45) is 3.72. The van der Waals surface area contributed by atoms with Gasteiger partial charge in [-0.2, -0.15) is 0 Å². The lowest BCUT2D eigenvalue weighted by atomic mass is 10.1. The molecule has 2 aromatic carbocycles. The largest absolute Gasteiger partial charge is 0.458 e.